The van der Waals surface area contributed by atoms with E-state index in [9.17, 15) is 19.2 Å². The number of nitrogens with one attached hydrogen (secondary N) is 2. The van der Waals surface area contributed by atoms with Gasteiger partial charge in [-0.25, -0.2) is 18.4 Å². The van der Waals surface area contributed by atoms with Gasteiger partial charge in [-0.15, -0.1) is 0 Å². The Hall–Kier alpha value is -6.58. The third kappa shape index (κ3) is 11.0. The largest absolute Gasteiger partial charge is 0.444 e. The van der Waals surface area contributed by atoms with Crippen LogP contribution in [0.2, 0.25) is 0 Å². The van der Waals surface area contributed by atoms with Gasteiger partial charge >= 0.3 is 12.2 Å². The number of hydrogen-bond acceptors (Lipinski definition) is 10. The number of anilines is 6. The van der Waals surface area contributed by atoms with E-state index in [1.807, 2.05) is 35.2 Å². The number of amides is 4. The number of nitrogens with zero attached hydrogens (tertiary/aromatic N) is 4. The first-order chi connectivity index (χ1) is 32.7. The summed E-state index contributed by atoms with van der Waals surface area (Å²) in [5.74, 6) is -1.78. The lowest BCUT2D eigenvalue weighted by Gasteiger charge is -2.36. The summed E-state index contributed by atoms with van der Waals surface area (Å²) < 4.78 is 44.3. The van der Waals surface area contributed by atoms with Crippen LogP contribution in [-0.2, 0) is 19.1 Å². The van der Waals surface area contributed by atoms with E-state index in [4.69, 9.17) is 20.9 Å². The van der Waals surface area contributed by atoms with Gasteiger partial charge in [0, 0.05) is 31.9 Å². The third-order valence-electron chi connectivity index (χ3n) is 13.6. The van der Waals surface area contributed by atoms with Crippen LogP contribution in [0.5, 0.6) is 0 Å². The molecule has 368 valence electrons. The molecule has 0 bridgehead atoms. The van der Waals surface area contributed by atoms with E-state index >= 15 is 8.78 Å². The molecule has 4 fully saturated rings. The van der Waals surface area contributed by atoms with Crippen molar-refractivity contribution in [3.63, 3.8) is 0 Å². The summed E-state index contributed by atoms with van der Waals surface area (Å²) in [6.07, 6.45) is 3.82. The molecule has 4 aliphatic heterocycles. The van der Waals surface area contributed by atoms with Gasteiger partial charge in [0.15, 0.2) is 11.6 Å². The maximum absolute atomic E-state index is 16.6. The fourth-order valence-corrected chi connectivity index (χ4v) is 10.4. The summed E-state index contributed by atoms with van der Waals surface area (Å²) in [5, 5.41) is 5.84. The number of carbonyl (C=O) groups is 4. The Kier molecular flexibility index (Phi) is 14.0. The number of halogens is 2. The van der Waals surface area contributed by atoms with Crippen LogP contribution in [0.4, 0.5) is 52.5 Å². The van der Waals surface area contributed by atoms with Crippen LogP contribution < -0.4 is 31.9 Å². The highest BCUT2D eigenvalue weighted by molar-refractivity contribution is 6.00. The fraction of sp³-hybridized carbons (Fsp3) is 0.472. The molecule has 4 heterocycles. The Morgan fingerprint density at radius 2 is 1.03 bits per heavy atom. The van der Waals surface area contributed by atoms with E-state index in [1.54, 1.807) is 70.7 Å². The Morgan fingerprint density at radius 1 is 0.580 bits per heavy atom. The zero-order chi connectivity index (χ0) is 49.4. The first kappa shape index (κ1) is 48.9. The smallest absolute Gasteiger partial charge is 0.410 e. The predicted octanol–water partition coefficient (Wildman–Crippen LogP) is 10.3. The monoisotopic (exact) mass is 949 g/mol. The second kappa shape index (κ2) is 19.8. The molecule has 4 atom stereocenters. The first-order valence-electron chi connectivity index (χ1n) is 24.2. The zero-order valence-electron chi connectivity index (χ0n) is 40.5. The van der Waals surface area contributed by atoms with Crippen LogP contribution in [0.3, 0.4) is 0 Å². The van der Waals surface area contributed by atoms with Crippen molar-refractivity contribution in [3.05, 3.63) is 107 Å². The lowest BCUT2D eigenvalue weighted by molar-refractivity contribution is -0.121. The highest BCUT2D eigenvalue weighted by atomic mass is 19.1. The summed E-state index contributed by atoms with van der Waals surface area (Å²) >= 11 is 0. The second-order valence-corrected chi connectivity index (χ2v) is 20.8. The number of carbonyl (C=O) groups excluding carboxylic acids is 4. The van der Waals surface area contributed by atoms with Crippen LogP contribution >= 0.6 is 0 Å². The molecule has 0 aliphatic carbocycles. The van der Waals surface area contributed by atoms with Gasteiger partial charge in [-0.05, 0) is 152 Å². The molecule has 0 saturated carbocycles. The zero-order valence-corrected chi connectivity index (χ0v) is 40.5. The molecule has 0 aromatic heterocycles. The van der Waals surface area contributed by atoms with Crippen molar-refractivity contribution in [2.75, 3.05) is 58.1 Å². The fourth-order valence-electron chi connectivity index (χ4n) is 10.4. The molecule has 69 heavy (non-hydrogen) atoms. The highest BCUT2D eigenvalue weighted by Gasteiger charge is 2.40. The first-order valence-corrected chi connectivity index (χ1v) is 24.2. The summed E-state index contributed by atoms with van der Waals surface area (Å²) in [7, 11) is 0. The molecule has 4 amide bonds. The van der Waals surface area contributed by atoms with Crippen molar-refractivity contribution in [1.29, 1.82) is 0 Å². The van der Waals surface area contributed by atoms with Crippen molar-refractivity contribution in [2.45, 2.75) is 134 Å². The topological polar surface area (TPSA) is 176 Å². The average Bonchev–Trinajstić information content (AvgIpc) is 4.08. The molecule has 0 unspecified atom stereocenters. The molecule has 4 aromatic carbocycles. The van der Waals surface area contributed by atoms with Crippen LogP contribution in [0.15, 0.2) is 78.9 Å². The van der Waals surface area contributed by atoms with Crippen molar-refractivity contribution in [3.8, 4) is 0 Å². The van der Waals surface area contributed by atoms with Crippen molar-refractivity contribution in [1.82, 2.24) is 9.80 Å². The minimum Gasteiger partial charge on any atom is -0.444 e. The molecular formula is C53H66F2N8O6. The Bertz CT molecular complexity index is 2420. The van der Waals surface area contributed by atoms with E-state index in [2.05, 4.69) is 22.8 Å². The maximum atomic E-state index is 16.6. The molecule has 4 aliphatic rings. The number of likely N-dealkylation sites (tertiary alicyclic amines) is 2. The summed E-state index contributed by atoms with van der Waals surface area (Å²) in [5.41, 5.74) is 16.3. The van der Waals surface area contributed by atoms with Gasteiger partial charge in [0.2, 0.25) is 11.8 Å². The maximum Gasteiger partial charge on any atom is 0.410 e. The van der Waals surface area contributed by atoms with Gasteiger partial charge in [-0.1, -0.05) is 42.5 Å². The van der Waals surface area contributed by atoms with Gasteiger partial charge in [-0.3, -0.25) is 19.4 Å². The third-order valence-corrected chi connectivity index (χ3v) is 13.6. The van der Waals surface area contributed by atoms with Crippen LogP contribution in [0.1, 0.15) is 128 Å². The Morgan fingerprint density at radius 3 is 1.45 bits per heavy atom. The Labute approximate surface area is 403 Å². The molecule has 0 radical (unpaired) electrons. The van der Waals surface area contributed by atoms with Gasteiger partial charge in [0.25, 0.3) is 0 Å². The minimum atomic E-state index is -0.727. The SMILES string of the molecule is CC(C)(C)OC(=O)N1CCC[C@H]1C(=O)Nc1ccc([C@H]2CC[C@H](c3ccc(NC(=O)[C@@H]4CCCN4C(=O)OC(C)(C)C)c(N)c3)N2c2cc(F)c(N3CCC(c4ccccc4)CC3)c(F)c2)cc1N. The molecule has 0 spiro atoms. The number of benzene rings is 4. The van der Waals surface area contributed by atoms with E-state index in [1.165, 1.54) is 27.5 Å². The van der Waals surface area contributed by atoms with Crippen molar-refractivity contribution in [2.24, 2.45) is 0 Å². The summed E-state index contributed by atoms with van der Waals surface area (Å²) in [4.78, 5) is 59.9. The number of nitrogen functional groups attached to an aromatic ring is 2. The highest BCUT2D eigenvalue weighted by Crippen LogP contribution is 2.49. The lowest BCUT2D eigenvalue weighted by atomic mass is 9.89. The van der Waals surface area contributed by atoms with Crippen molar-refractivity contribution >= 4 is 58.1 Å². The summed E-state index contributed by atoms with van der Waals surface area (Å²) in [6, 6.07) is 21.4. The normalized spacial score (nSPS) is 21.1. The lowest BCUT2D eigenvalue weighted by Crippen LogP contribution is -2.45. The molecule has 4 saturated heterocycles. The van der Waals surface area contributed by atoms with E-state index in [0.29, 0.717) is 87.7 Å². The molecule has 14 nitrogen and oxygen atoms in total. The van der Waals surface area contributed by atoms with Crippen LogP contribution in [0.25, 0.3) is 0 Å². The molecule has 8 rings (SSSR count). The van der Waals surface area contributed by atoms with E-state index in [0.717, 1.165) is 24.0 Å². The van der Waals surface area contributed by atoms with Crippen LogP contribution in [0, 0.1) is 11.6 Å². The van der Waals surface area contributed by atoms with E-state index < -0.39 is 59.2 Å². The number of piperidine rings is 1. The van der Waals surface area contributed by atoms with Gasteiger partial charge in [-0.2, -0.15) is 0 Å². The number of hydrogen-bond donors (Lipinski definition) is 4. The predicted molar refractivity (Wildman–Crippen MR) is 265 cm³/mol. The molecule has 4 aromatic rings. The number of rotatable bonds is 9. The standard InChI is InChI=1S/C53H66F2N8O6/c1-52(2,3)68-50(66)61-24-10-14-45(61)48(64)58-41-18-16-34(28-39(41)56)43-20-21-44(35-17-19-42(40(57)29-35)59-49(65)46-15-11-25-62(46)51(67)69-53(4,5)6)63(43)36-30-37(54)47(38(55)31-36)60-26-22-33(23-27-60)32-12-8-7-9-13-32/h7-9,12-13,16-19,28-31,33,43-46H,10-11,14-15,20-27,56-57H2,1-6H3,(H,58,64)(H,59,65)/t43-,44-,45+,46+/m1/s1. The molecular weight excluding hydrogens is 883 g/mol. The van der Waals surface area contributed by atoms with E-state index in [-0.39, 0.29) is 28.9 Å². The van der Waals surface area contributed by atoms with Crippen molar-refractivity contribution < 1.29 is 37.4 Å². The van der Waals surface area contributed by atoms with Gasteiger partial charge in [0.05, 0.1) is 34.8 Å². The second-order valence-electron chi connectivity index (χ2n) is 20.8. The average molecular weight is 949 g/mol. The summed E-state index contributed by atoms with van der Waals surface area (Å²) in [6.45, 7) is 12.5. The molecule has 16 heteroatoms. The van der Waals surface area contributed by atoms with Gasteiger partial charge < -0.3 is 41.4 Å². The quantitative estimate of drug-likeness (QED) is 0.118. The van der Waals surface area contributed by atoms with Gasteiger partial charge in [0.1, 0.15) is 29.0 Å². The van der Waals surface area contributed by atoms with Crippen LogP contribution in [-0.4, -0.2) is 83.3 Å². The number of ether oxygens (including phenoxy) is 2. The Balaban J connectivity index is 1.05. The number of nitrogens with two attached hydrogens (primary N) is 2. The minimum absolute atomic E-state index is 0.0498. The molecule has 6 N–H and O–H groups in total.